The molecule has 6 heteroatoms. The largest absolute Gasteiger partial charge is 0.478 e. The molecule has 1 atom stereocenters. The highest BCUT2D eigenvalue weighted by Crippen LogP contribution is 2.32. The summed E-state index contributed by atoms with van der Waals surface area (Å²) < 4.78 is 0. The van der Waals surface area contributed by atoms with Crippen LogP contribution in [0.25, 0.3) is 0 Å². The zero-order valence-corrected chi connectivity index (χ0v) is 16.7. The van der Waals surface area contributed by atoms with Crippen molar-refractivity contribution < 1.29 is 14.7 Å². The number of benzene rings is 2. The predicted octanol–water partition coefficient (Wildman–Crippen LogP) is 4.33. The van der Waals surface area contributed by atoms with Crippen molar-refractivity contribution in [2.75, 3.05) is 23.3 Å². The number of nitrogens with one attached hydrogen (secondary N) is 1. The number of rotatable bonds is 5. The van der Waals surface area contributed by atoms with E-state index in [0.29, 0.717) is 29.5 Å². The van der Waals surface area contributed by atoms with E-state index in [0.717, 1.165) is 18.5 Å². The molecule has 0 spiro atoms. The Morgan fingerprint density at radius 3 is 2.53 bits per heavy atom. The normalized spacial score (nSPS) is 15.8. The number of aromatic carboxylic acids is 1. The van der Waals surface area contributed by atoms with Crippen molar-refractivity contribution in [2.24, 2.45) is 0 Å². The van der Waals surface area contributed by atoms with Crippen LogP contribution < -0.4 is 10.2 Å². The molecule has 30 heavy (non-hydrogen) atoms. The molecule has 1 amide bonds. The number of hydrogen-bond acceptors (Lipinski definition) is 4. The average molecular weight is 401 g/mol. The van der Waals surface area contributed by atoms with Gasteiger partial charge < -0.3 is 15.3 Å². The molecule has 1 saturated heterocycles. The van der Waals surface area contributed by atoms with Gasteiger partial charge in [-0.1, -0.05) is 48.0 Å². The number of carboxylic acid groups (broad SMARTS) is 1. The molecule has 2 heterocycles. The summed E-state index contributed by atoms with van der Waals surface area (Å²) in [4.78, 5) is 30.8. The Labute approximate surface area is 175 Å². The molecule has 1 aliphatic rings. The van der Waals surface area contributed by atoms with Crippen LogP contribution in [0.1, 0.15) is 44.2 Å². The SMILES string of the molecule is Cc1ccc(C(=O)Nc2cnc(N3CCC(c4ccccc4)C3)c(C(=O)O)c2)cc1. The van der Waals surface area contributed by atoms with Crippen molar-refractivity contribution in [3.05, 3.63) is 89.1 Å². The molecule has 152 valence electrons. The van der Waals surface area contributed by atoms with Crippen LogP contribution in [0.5, 0.6) is 0 Å². The summed E-state index contributed by atoms with van der Waals surface area (Å²) in [5.74, 6) is -0.580. The first kappa shape index (κ1) is 19.6. The van der Waals surface area contributed by atoms with Crippen LogP contribution in [0.4, 0.5) is 11.5 Å². The Morgan fingerprint density at radius 1 is 1.10 bits per heavy atom. The van der Waals surface area contributed by atoms with Gasteiger partial charge in [0.2, 0.25) is 0 Å². The van der Waals surface area contributed by atoms with Gasteiger partial charge in [0.25, 0.3) is 5.91 Å². The van der Waals surface area contributed by atoms with E-state index in [1.165, 1.54) is 17.8 Å². The molecule has 0 aliphatic carbocycles. The number of aromatic nitrogens is 1. The van der Waals surface area contributed by atoms with Crippen molar-refractivity contribution >= 4 is 23.4 Å². The summed E-state index contributed by atoms with van der Waals surface area (Å²) in [5, 5.41) is 12.5. The molecule has 1 unspecified atom stereocenters. The number of nitrogens with zero attached hydrogens (tertiary/aromatic N) is 2. The lowest BCUT2D eigenvalue weighted by Gasteiger charge is -2.20. The minimum absolute atomic E-state index is 0.0883. The van der Waals surface area contributed by atoms with E-state index in [1.807, 2.05) is 42.2 Å². The van der Waals surface area contributed by atoms with Crippen LogP contribution in [0.2, 0.25) is 0 Å². The molecule has 2 N–H and O–H groups in total. The van der Waals surface area contributed by atoms with E-state index >= 15 is 0 Å². The summed E-state index contributed by atoms with van der Waals surface area (Å²) >= 11 is 0. The number of carbonyl (C=O) groups is 2. The lowest BCUT2D eigenvalue weighted by atomic mass is 9.99. The minimum Gasteiger partial charge on any atom is -0.478 e. The Morgan fingerprint density at radius 2 is 1.83 bits per heavy atom. The second-order valence-corrected chi connectivity index (χ2v) is 7.56. The Bertz CT molecular complexity index is 1060. The van der Waals surface area contributed by atoms with Gasteiger partial charge >= 0.3 is 5.97 Å². The zero-order valence-electron chi connectivity index (χ0n) is 16.7. The number of amides is 1. The fourth-order valence-electron chi connectivity index (χ4n) is 3.79. The lowest BCUT2D eigenvalue weighted by molar-refractivity contribution is 0.0697. The van der Waals surface area contributed by atoms with Crippen molar-refractivity contribution in [1.29, 1.82) is 0 Å². The van der Waals surface area contributed by atoms with Crippen molar-refractivity contribution in [2.45, 2.75) is 19.3 Å². The molecule has 4 rings (SSSR count). The standard InChI is InChI=1S/C24H23N3O3/c1-16-7-9-18(10-8-16)23(28)26-20-13-21(24(29)30)22(25-14-20)27-12-11-19(15-27)17-5-3-2-4-6-17/h2-10,13-14,19H,11-12,15H2,1H3,(H,26,28)(H,29,30). The van der Waals surface area contributed by atoms with Gasteiger partial charge in [-0.2, -0.15) is 0 Å². The molecule has 1 aliphatic heterocycles. The van der Waals surface area contributed by atoms with Crippen LogP contribution in [0.3, 0.4) is 0 Å². The minimum atomic E-state index is -1.06. The van der Waals surface area contributed by atoms with Crippen LogP contribution in [-0.2, 0) is 0 Å². The van der Waals surface area contributed by atoms with Gasteiger partial charge in [-0.05, 0) is 37.1 Å². The van der Waals surface area contributed by atoms with E-state index in [4.69, 9.17) is 0 Å². The second kappa shape index (κ2) is 8.37. The highest BCUT2D eigenvalue weighted by Gasteiger charge is 2.28. The van der Waals surface area contributed by atoms with E-state index in [-0.39, 0.29) is 11.5 Å². The molecule has 3 aromatic rings. The van der Waals surface area contributed by atoms with Crippen LogP contribution in [0, 0.1) is 6.92 Å². The summed E-state index contributed by atoms with van der Waals surface area (Å²) in [6, 6.07) is 18.9. The number of anilines is 2. The third kappa shape index (κ3) is 4.17. The first-order valence-electron chi connectivity index (χ1n) is 9.92. The maximum absolute atomic E-state index is 12.5. The van der Waals surface area contributed by atoms with Crippen LogP contribution >= 0.6 is 0 Å². The topological polar surface area (TPSA) is 82.5 Å². The molecule has 1 fully saturated rings. The van der Waals surface area contributed by atoms with Crippen LogP contribution in [0.15, 0.2) is 66.9 Å². The van der Waals surface area contributed by atoms with E-state index in [9.17, 15) is 14.7 Å². The van der Waals surface area contributed by atoms with Gasteiger partial charge in [0, 0.05) is 24.6 Å². The summed E-state index contributed by atoms with van der Waals surface area (Å²) in [6.07, 6.45) is 2.46. The van der Waals surface area contributed by atoms with E-state index < -0.39 is 5.97 Å². The number of aryl methyl sites for hydroxylation is 1. The third-order valence-electron chi connectivity index (χ3n) is 5.43. The highest BCUT2D eigenvalue weighted by molar-refractivity contribution is 6.05. The van der Waals surface area contributed by atoms with E-state index in [2.05, 4.69) is 22.4 Å². The molecule has 0 radical (unpaired) electrons. The van der Waals surface area contributed by atoms with Crippen molar-refractivity contribution in [3.8, 4) is 0 Å². The van der Waals surface area contributed by atoms with Crippen LogP contribution in [-0.4, -0.2) is 35.1 Å². The smallest absolute Gasteiger partial charge is 0.339 e. The fraction of sp³-hybridized carbons (Fsp3) is 0.208. The maximum Gasteiger partial charge on any atom is 0.339 e. The van der Waals surface area contributed by atoms with Gasteiger partial charge in [0.05, 0.1) is 11.9 Å². The van der Waals surface area contributed by atoms with E-state index in [1.54, 1.807) is 12.1 Å². The molecular formula is C24H23N3O3. The van der Waals surface area contributed by atoms with Gasteiger partial charge in [-0.3, -0.25) is 4.79 Å². The Balaban J connectivity index is 1.53. The van der Waals surface area contributed by atoms with Gasteiger partial charge in [-0.25, -0.2) is 9.78 Å². The van der Waals surface area contributed by atoms with Crippen molar-refractivity contribution in [1.82, 2.24) is 4.98 Å². The first-order chi connectivity index (χ1) is 14.5. The molecule has 0 bridgehead atoms. The molecular weight excluding hydrogens is 378 g/mol. The summed E-state index contributed by atoms with van der Waals surface area (Å²) in [7, 11) is 0. The molecule has 1 aromatic heterocycles. The van der Waals surface area contributed by atoms with Gasteiger partial charge in [0.15, 0.2) is 0 Å². The fourth-order valence-corrected chi connectivity index (χ4v) is 3.79. The van der Waals surface area contributed by atoms with Gasteiger partial charge in [0.1, 0.15) is 11.4 Å². The molecule has 6 nitrogen and oxygen atoms in total. The molecule has 0 saturated carbocycles. The number of carbonyl (C=O) groups excluding carboxylic acids is 1. The first-order valence-corrected chi connectivity index (χ1v) is 9.92. The maximum atomic E-state index is 12.5. The van der Waals surface area contributed by atoms with Crippen molar-refractivity contribution in [3.63, 3.8) is 0 Å². The predicted molar refractivity (Wildman–Crippen MR) is 116 cm³/mol. The summed E-state index contributed by atoms with van der Waals surface area (Å²) in [5.41, 5.74) is 3.27. The van der Waals surface area contributed by atoms with Gasteiger partial charge in [-0.15, -0.1) is 0 Å². The average Bonchev–Trinajstić information content (AvgIpc) is 3.25. The highest BCUT2D eigenvalue weighted by atomic mass is 16.4. The summed E-state index contributed by atoms with van der Waals surface area (Å²) in [6.45, 7) is 3.40. The number of hydrogen-bond donors (Lipinski definition) is 2. The zero-order chi connectivity index (χ0) is 21.1. The number of pyridine rings is 1. The monoisotopic (exact) mass is 401 g/mol. The molecule has 2 aromatic carbocycles. The Hall–Kier alpha value is -3.67. The number of carboxylic acids is 1. The Kier molecular flexibility index (Phi) is 5.48. The lowest BCUT2D eigenvalue weighted by Crippen LogP contribution is -2.23. The quantitative estimate of drug-likeness (QED) is 0.665. The second-order valence-electron chi connectivity index (χ2n) is 7.56. The third-order valence-corrected chi connectivity index (χ3v) is 5.43.